The van der Waals surface area contributed by atoms with E-state index in [-0.39, 0.29) is 12.5 Å². The molecule has 0 aliphatic carbocycles. The second-order valence-corrected chi connectivity index (χ2v) is 24.0. The van der Waals surface area contributed by atoms with E-state index in [0.29, 0.717) is 12.8 Å². The van der Waals surface area contributed by atoms with Gasteiger partial charge in [0.15, 0.2) is 12.6 Å². The average Bonchev–Trinajstić information content (AvgIpc) is 3.49. The minimum absolute atomic E-state index is 0.203. The number of carbonyl (C=O) groups excluding carboxylic acids is 1. The number of nitrogens with one attached hydrogen (secondary N) is 1. The van der Waals surface area contributed by atoms with Crippen LogP contribution in [0.4, 0.5) is 0 Å². The third-order valence-electron chi connectivity index (χ3n) is 16.7. The van der Waals surface area contributed by atoms with Gasteiger partial charge in [-0.25, -0.2) is 0 Å². The number of hydrogen-bond acceptors (Lipinski definition) is 13. The van der Waals surface area contributed by atoms with Crippen LogP contribution in [0.3, 0.4) is 0 Å². The first-order valence-corrected chi connectivity index (χ1v) is 33.6. The number of aliphatic hydroxyl groups excluding tert-OH is 8. The quantitative estimate of drug-likeness (QED) is 0.0204. The van der Waals surface area contributed by atoms with Gasteiger partial charge in [0.25, 0.3) is 0 Å². The first kappa shape index (κ1) is 74.6. The summed E-state index contributed by atoms with van der Waals surface area (Å²) in [5.74, 6) is -0.203. The van der Waals surface area contributed by atoms with Crippen LogP contribution >= 0.6 is 0 Å². The Bertz CT molecular complexity index is 1440. The fourth-order valence-electron chi connectivity index (χ4n) is 11.3. The Morgan fingerprint density at radius 1 is 0.450 bits per heavy atom. The SMILES string of the molecule is CCCCCCC/C=C\C/C=C\CCCCCCCCCCCCCCCC(=O)NC(COC1OC(CO)C(OC2OC(CO)C(O)C(O)C2O)C(O)C1O)C(O)CCCCCCCCCCCCCCCCCCCCCCC. The molecule has 1 amide bonds. The van der Waals surface area contributed by atoms with Crippen LogP contribution in [0.15, 0.2) is 24.3 Å². The van der Waals surface area contributed by atoms with Gasteiger partial charge in [0.2, 0.25) is 5.91 Å². The molecule has 9 N–H and O–H groups in total. The van der Waals surface area contributed by atoms with Gasteiger partial charge in [-0.15, -0.1) is 0 Å². The van der Waals surface area contributed by atoms with Crippen LogP contribution in [0.5, 0.6) is 0 Å². The first-order chi connectivity index (χ1) is 39.1. The second kappa shape index (κ2) is 51.9. The van der Waals surface area contributed by atoms with Gasteiger partial charge in [-0.3, -0.25) is 4.79 Å². The number of ether oxygens (including phenoxy) is 4. The van der Waals surface area contributed by atoms with Gasteiger partial charge in [0.1, 0.15) is 48.8 Å². The van der Waals surface area contributed by atoms with Gasteiger partial charge in [0.05, 0.1) is 32.0 Å². The Morgan fingerprint density at radius 3 is 1.25 bits per heavy atom. The van der Waals surface area contributed by atoms with Gasteiger partial charge >= 0.3 is 0 Å². The zero-order valence-corrected chi connectivity index (χ0v) is 51.1. The minimum Gasteiger partial charge on any atom is -0.394 e. The Labute approximate surface area is 488 Å². The zero-order chi connectivity index (χ0) is 58.1. The fraction of sp³-hybridized carbons (Fsp3) is 0.924. The normalized spacial score (nSPS) is 24.3. The van der Waals surface area contributed by atoms with Crippen molar-refractivity contribution in [1.29, 1.82) is 0 Å². The van der Waals surface area contributed by atoms with Gasteiger partial charge in [-0.2, -0.15) is 0 Å². The highest BCUT2D eigenvalue weighted by atomic mass is 16.7. The van der Waals surface area contributed by atoms with Crippen LogP contribution in [0, 0.1) is 0 Å². The molecule has 12 unspecified atom stereocenters. The van der Waals surface area contributed by atoms with Crippen LogP contribution in [-0.4, -0.2) is 140 Å². The first-order valence-electron chi connectivity index (χ1n) is 33.6. The molecule has 0 bridgehead atoms. The molecular formula is C66H125NO13. The van der Waals surface area contributed by atoms with E-state index >= 15 is 0 Å². The van der Waals surface area contributed by atoms with Crippen LogP contribution in [0.1, 0.15) is 296 Å². The highest BCUT2D eigenvalue weighted by molar-refractivity contribution is 5.76. The lowest BCUT2D eigenvalue weighted by molar-refractivity contribution is -0.359. The van der Waals surface area contributed by atoms with E-state index in [1.54, 1.807) is 0 Å². The lowest BCUT2D eigenvalue weighted by atomic mass is 9.97. The fourth-order valence-corrected chi connectivity index (χ4v) is 11.3. The van der Waals surface area contributed by atoms with Crippen LogP contribution in [0.2, 0.25) is 0 Å². The van der Waals surface area contributed by atoms with Crippen molar-refractivity contribution in [2.24, 2.45) is 0 Å². The molecule has 2 rings (SSSR count). The molecule has 2 aliphatic rings. The predicted molar refractivity (Wildman–Crippen MR) is 323 cm³/mol. The Hall–Kier alpha value is -1.53. The van der Waals surface area contributed by atoms with Crippen molar-refractivity contribution >= 4 is 5.91 Å². The van der Waals surface area contributed by atoms with Crippen LogP contribution < -0.4 is 5.32 Å². The highest BCUT2D eigenvalue weighted by Crippen LogP contribution is 2.30. The lowest BCUT2D eigenvalue weighted by Crippen LogP contribution is -2.65. The van der Waals surface area contributed by atoms with Gasteiger partial charge in [0, 0.05) is 6.42 Å². The minimum atomic E-state index is -1.78. The monoisotopic (exact) mass is 1140 g/mol. The molecular weight excluding hydrogens is 1010 g/mol. The Morgan fingerprint density at radius 2 is 0.825 bits per heavy atom. The molecule has 2 heterocycles. The second-order valence-electron chi connectivity index (χ2n) is 24.0. The molecule has 0 aromatic rings. The molecule has 80 heavy (non-hydrogen) atoms. The topological polar surface area (TPSA) is 228 Å². The zero-order valence-electron chi connectivity index (χ0n) is 51.1. The highest BCUT2D eigenvalue weighted by Gasteiger charge is 2.51. The summed E-state index contributed by atoms with van der Waals surface area (Å²) in [6.45, 7) is 2.89. The van der Waals surface area contributed by atoms with Crippen molar-refractivity contribution in [3.63, 3.8) is 0 Å². The van der Waals surface area contributed by atoms with E-state index in [1.165, 1.54) is 212 Å². The molecule has 2 saturated heterocycles. The number of carbonyl (C=O) groups is 1. The molecule has 0 aromatic heterocycles. The molecule has 0 aromatic carbocycles. The average molecular weight is 1140 g/mol. The third kappa shape index (κ3) is 36.3. The number of unbranched alkanes of at least 4 members (excludes halogenated alkanes) is 38. The van der Waals surface area contributed by atoms with E-state index in [0.717, 1.165) is 57.8 Å². The van der Waals surface area contributed by atoms with E-state index < -0.39 is 86.8 Å². The molecule has 0 spiro atoms. The number of rotatable bonds is 55. The van der Waals surface area contributed by atoms with Gasteiger partial charge in [-0.05, 0) is 44.9 Å². The van der Waals surface area contributed by atoms with Crippen molar-refractivity contribution < 1.29 is 64.6 Å². The van der Waals surface area contributed by atoms with Crippen molar-refractivity contribution in [3.05, 3.63) is 24.3 Å². The summed E-state index contributed by atoms with van der Waals surface area (Å²) in [6, 6.07) is -0.828. The van der Waals surface area contributed by atoms with E-state index in [4.69, 9.17) is 18.9 Å². The summed E-state index contributed by atoms with van der Waals surface area (Å²) >= 11 is 0. The molecule has 0 radical (unpaired) electrons. The molecule has 0 saturated carbocycles. The van der Waals surface area contributed by atoms with Gasteiger partial charge in [-0.1, -0.05) is 269 Å². The van der Waals surface area contributed by atoms with Gasteiger partial charge < -0.3 is 65.1 Å². The summed E-state index contributed by atoms with van der Waals surface area (Å²) in [6.07, 6.45) is 46.1. The van der Waals surface area contributed by atoms with Crippen LogP contribution in [-0.2, 0) is 23.7 Å². The van der Waals surface area contributed by atoms with E-state index in [9.17, 15) is 45.6 Å². The molecule has 14 nitrogen and oxygen atoms in total. The van der Waals surface area contributed by atoms with Crippen molar-refractivity contribution in [3.8, 4) is 0 Å². The molecule has 14 heteroatoms. The molecule has 472 valence electrons. The maximum Gasteiger partial charge on any atom is 0.220 e. The summed E-state index contributed by atoms with van der Waals surface area (Å²) in [4.78, 5) is 13.3. The summed E-state index contributed by atoms with van der Waals surface area (Å²) in [7, 11) is 0. The summed E-state index contributed by atoms with van der Waals surface area (Å²) < 4.78 is 22.9. The standard InChI is InChI=1S/C66H125NO13/c1-3-5-7-9-11-13-15-17-19-21-23-25-26-27-28-30-32-34-36-38-40-42-44-46-48-50-58(71)67-54(55(70)49-47-45-43-41-39-37-35-33-31-29-24-22-20-18-16-14-12-10-8-6-4-2)53-77-65-63(76)61(74)64(57(52-69)79-65)80-66-62(75)60(73)59(72)56(51-68)78-66/h15,17,21,23,54-57,59-66,68-70,72-76H,3-14,16,18-20,22,24-53H2,1-2H3,(H,67,71)/b17-15-,23-21-. The summed E-state index contributed by atoms with van der Waals surface area (Å²) in [5, 5.41) is 87.5. The number of allylic oxidation sites excluding steroid dienone is 4. The summed E-state index contributed by atoms with van der Waals surface area (Å²) in [5.41, 5.74) is 0. The Kier molecular flexibility index (Phi) is 48.3. The Balaban J connectivity index is 1.69. The number of hydrogen-bond donors (Lipinski definition) is 9. The van der Waals surface area contributed by atoms with Crippen LogP contribution in [0.25, 0.3) is 0 Å². The van der Waals surface area contributed by atoms with Crippen molar-refractivity contribution in [1.82, 2.24) is 5.32 Å². The largest absolute Gasteiger partial charge is 0.394 e. The molecule has 2 fully saturated rings. The smallest absolute Gasteiger partial charge is 0.220 e. The van der Waals surface area contributed by atoms with Crippen molar-refractivity contribution in [2.75, 3.05) is 19.8 Å². The maximum atomic E-state index is 13.3. The van der Waals surface area contributed by atoms with Crippen molar-refractivity contribution in [2.45, 2.75) is 370 Å². The predicted octanol–water partition coefficient (Wildman–Crippen LogP) is 12.8. The third-order valence-corrected chi connectivity index (χ3v) is 16.7. The van der Waals surface area contributed by atoms with E-state index in [2.05, 4.69) is 43.5 Å². The molecule has 12 atom stereocenters. The number of amides is 1. The van der Waals surface area contributed by atoms with E-state index in [1.807, 2.05) is 0 Å². The maximum absolute atomic E-state index is 13.3. The lowest BCUT2D eigenvalue weighted by Gasteiger charge is -2.46. The molecule has 2 aliphatic heterocycles. The number of aliphatic hydroxyl groups is 8.